The van der Waals surface area contributed by atoms with Crippen LogP contribution in [0, 0.1) is 0 Å². The molecule has 0 aromatic heterocycles. The summed E-state index contributed by atoms with van der Waals surface area (Å²) < 4.78 is 29.4. The van der Waals surface area contributed by atoms with Gasteiger partial charge in [-0.1, -0.05) is 0 Å². The van der Waals surface area contributed by atoms with Crippen molar-refractivity contribution in [1.29, 1.82) is 0 Å². The molecule has 3 nitrogen and oxygen atoms in total. The molecule has 0 aliphatic heterocycles. The van der Waals surface area contributed by atoms with Gasteiger partial charge in [0.15, 0.2) is 0 Å². The van der Waals surface area contributed by atoms with Gasteiger partial charge in [0.1, 0.15) is 5.60 Å². The van der Waals surface area contributed by atoms with Crippen molar-refractivity contribution >= 4 is 5.97 Å². The first-order valence-corrected chi connectivity index (χ1v) is 3.50. The molecule has 0 fully saturated rings. The van der Waals surface area contributed by atoms with Crippen molar-refractivity contribution in [2.24, 2.45) is 5.73 Å². The van der Waals surface area contributed by atoms with Crippen LogP contribution in [0.4, 0.5) is 8.78 Å². The van der Waals surface area contributed by atoms with Crippen molar-refractivity contribution in [3.63, 3.8) is 0 Å². The number of carbonyl (C=O) groups excluding carboxylic acids is 1. The number of hydrogen-bond donors (Lipinski definition) is 1. The minimum Gasteiger partial charge on any atom is -0.456 e. The molecule has 0 unspecified atom stereocenters. The highest BCUT2D eigenvalue weighted by Gasteiger charge is 2.40. The molecule has 0 rings (SSSR count). The Kier molecular flexibility index (Phi) is 3.15. The van der Waals surface area contributed by atoms with E-state index in [2.05, 4.69) is 10.5 Å². The molecule has 12 heavy (non-hydrogen) atoms. The summed E-state index contributed by atoms with van der Waals surface area (Å²) in [7, 11) is 0. The average molecular weight is 181 g/mol. The Bertz CT molecular complexity index is 175. The van der Waals surface area contributed by atoms with Gasteiger partial charge in [-0.2, -0.15) is 8.78 Å². The second-order valence-electron chi connectivity index (χ2n) is 3.41. The summed E-state index contributed by atoms with van der Waals surface area (Å²) in [6, 6.07) is 0. The molecule has 0 atom stereocenters. The predicted molar refractivity (Wildman–Crippen MR) is 39.8 cm³/mol. The quantitative estimate of drug-likeness (QED) is 0.644. The predicted octanol–water partition coefficient (Wildman–Crippen LogP) is 0.922. The Hall–Kier alpha value is -0.710. The molecule has 0 aromatic carbocycles. The summed E-state index contributed by atoms with van der Waals surface area (Å²) in [5.74, 6) is -5.15. The first-order chi connectivity index (χ1) is 5.19. The molecule has 0 aromatic rings. The smallest absolute Gasteiger partial charge is 0.378 e. The second kappa shape index (κ2) is 3.35. The van der Waals surface area contributed by atoms with E-state index in [4.69, 9.17) is 0 Å². The molecule has 0 aliphatic rings. The minimum absolute atomic E-state index is 0.907. The Morgan fingerprint density at radius 1 is 1.42 bits per heavy atom. The van der Waals surface area contributed by atoms with Crippen molar-refractivity contribution in [3.8, 4) is 0 Å². The monoisotopic (exact) mass is 181 g/mol. The van der Waals surface area contributed by atoms with Gasteiger partial charge in [0, 0.05) is 0 Å². The minimum atomic E-state index is -3.58. The van der Waals surface area contributed by atoms with Gasteiger partial charge >= 0.3 is 11.9 Å². The number of ether oxygens (including phenoxy) is 1. The van der Waals surface area contributed by atoms with E-state index in [0.29, 0.717) is 0 Å². The topological polar surface area (TPSA) is 52.3 Å². The van der Waals surface area contributed by atoms with Crippen molar-refractivity contribution in [3.05, 3.63) is 0 Å². The zero-order valence-corrected chi connectivity index (χ0v) is 7.36. The van der Waals surface area contributed by atoms with Gasteiger partial charge in [-0.05, 0) is 20.8 Å². The van der Waals surface area contributed by atoms with Crippen molar-refractivity contribution in [1.82, 2.24) is 0 Å². The molecule has 0 radical (unpaired) electrons. The lowest BCUT2D eigenvalue weighted by atomic mass is 10.2. The maximum Gasteiger partial charge on any atom is 0.378 e. The third kappa shape index (κ3) is 3.61. The van der Waals surface area contributed by atoms with E-state index < -0.39 is 24.0 Å². The molecule has 72 valence electrons. The zero-order valence-electron chi connectivity index (χ0n) is 7.36. The Morgan fingerprint density at radius 3 is 2.08 bits per heavy atom. The lowest BCUT2D eigenvalue weighted by molar-refractivity contribution is -0.181. The van der Waals surface area contributed by atoms with Crippen LogP contribution in [0.25, 0.3) is 0 Å². The fourth-order valence-electron chi connectivity index (χ4n) is 0.436. The van der Waals surface area contributed by atoms with Crippen molar-refractivity contribution in [2.75, 3.05) is 6.54 Å². The summed E-state index contributed by atoms with van der Waals surface area (Å²) in [4.78, 5) is 10.7. The standard InChI is InChI=1S/C7H13F2NO2/c1-6(2,3)12-5(11)7(8,9)4-10/h4,10H2,1-3H3. The van der Waals surface area contributed by atoms with Crippen molar-refractivity contribution < 1.29 is 18.3 Å². The zero-order chi connectivity index (χ0) is 9.99. The molecule has 5 heteroatoms. The van der Waals surface area contributed by atoms with E-state index in [1.165, 1.54) is 20.8 Å². The van der Waals surface area contributed by atoms with Crippen LogP contribution >= 0.6 is 0 Å². The molecule has 0 saturated heterocycles. The van der Waals surface area contributed by atoms with E-state index in [1.54, 1.807) is 0 Å². The fourth-order valence-corrected chi connectivity index (χ4v) is 0.436. The van der Waals surface area contributed by atoms with E-state index in [1.807, 2.05) is 0 Å². The molecule has 0 amide bonds. The van der Waals surface area contributed by atoms with E-state index in [-0.39, 0.29) is 0 Å². The van der Waals surface area contributed by atoms with Crippen LogP contribution in [0.5, 0.6) is 0 Å². The maximum atomic E-state index is 12.5. The van der Waals surface area contributed by atoms with E-state index >= 15 is 0 Å². The van der Waals surface area contributed by atoms with Gasteiger partial charge in [0.05, 0.1) is 6.54 Å². The molecule has 0 aliphatic carbocycles. The largest absolute Gasteiger partial charge is 0.456 e. The highest BCUT2D eigenvalue weighted by atomic mass is 19.3. The first-order valence-electron chi connectivity index (χ1n) is 3.50. The van der Waals surface area contributed by atoms with Crippen LogP contribution in [0.2, 0.25) is 0 Å². The summed E-state index contributed by atoms with van der Waals surface area (Å²) in [5, 5.41) is 0. The van der Waals surface area contributed by atoms with Crippen LogP contribution in [-0.4, -0.2) is 24.0 Å². The summed E-state index contributed by atoms with van der Waals surface area (Å²) in [6.45, 7) is 3.51. The lowest BCUT2D eigenvalue weighted by Gasteiger charge is -2.22. The molecule has 0 heterocycles. The molecule has 2 N–H and O–H groups in total. The van der Waals surface area contributed by atoms with E-state index in [9.17, 15) is 13.6 Å². The Balaban J connectivity index is 4.23. The average Bonchev–Trinajstić information content (AvgIpc) is 1.84. The maximum absolute atomic E-state index is 12.5. The normalized spacial score (nSPS) is 12.8. The molecule has 0 spiro atoms. The summed E-state index contributed by atoms with van der Waals surface area (Å²) in [5.41, 5.74) is 3.77. The van der Waals surface area contributed by atoms with Gasteiger partial charge < -0.3 is 10.5 Å². The second-order valence-corrected chi connectivity index (χ2v) is 3.41. The molecule has 0 bridgehead atoms. The third-order valence-corrected chi connectivity index (χ3v) is 0.954. The number of alkyl halides is 2. The SMILES string of the molecule is CC(C)(C)OC(=O)C(F)(F)CN. The molecular weight excluding hydrogens is 168 g/mol. The molecule has 0 saturated carbocycles. The van der Waals surface area contributed by atoms with Gasteiger partial charge in [-0.3, -0.25) is 0 Å². The third-order valence-electron chi connectivity index (χ3n) is 0.954. The van der Waals surface area contributed by atoms with Crippen LogP contribution < -0.4 is 5.73 Å². The van der Waals surface area contributed by atoms with E-state index in [0.717, 1.165) is 0 Å². The van der Waals surface area contributed by atoms with Crippen LogP contribution in [0.1, 0.15) is 20.8 Å². The number of hydrogen-bond acceptors (Lipinski definition) is 3. The number of rotatable bonds is 2. The van der Waals surface area contributed by atoms with Gasteiger partial charge in [-0.25, -0.2) is 4.79 Å². The van der Waals surface area contributed by atoms with Crippen LogP contribution in [-0.2, 0) is 9.53 Å². The number of carbonyl (C=O) groups is 1. The Labute approximate surface area is 69.9 Å². The Morgan fingerprint density at radius 2 is 1.83 bits per heavy atom. The van der Waals surface area contributed by atoms with Gasteiger partial charge in [0.25, 0.3) is 0 Å². The number of esters is 1. The molecular formula is C7H13F2NO2. The van der Waals surface area contributed by atoms with Gasteiger partial charge in [0.2, 0.25) is 0 Å². The van der Waals surface area contributed by atoms with Crippen molar-refractivity contribution in [2.45, 2.75) is 32.3 Å². The van der Waals surface area contributed by atoms with Crippen LogP contribution in [0.15, 0.2) is 0 Å². The number of nitrogens with two attached hydrogens (primary N) is 1. The van der Waals surface area contributed by atoms with Gasteiger partial charge in [-0.15, -0.1) is 0 Å². The highest BCUT2D eigenvalue weighted by molar-refractivity contribution is 5.78. The highest BCUT2D eigenvalue weighted by Crippen LogP contribution is 2.18. The van der Waals surface area contributed by atoms with Crippen LogP contribution in [0.3, 0.4) is 0 Å². The summed E-state index contributed by atoms with van der Waals surface area (Å²) >= 11 is 0. The number of halogens is 2. The fraction of sp³-hybridized carbons (Fsp3) is 0.857. The first kappa shape index (κ1) is 11.3. The summed E-state index contributed by atoms with van der Waals surface area (Å²) in [6.07, 6.45) is 0. The lowest BCUT2D eigenvalue weighted by Crippen LogP contribution is -2.41.